The van der Waals surface area contributed by atoms with Crippen LogP contribution in [-0.2, 0) is 20.8 Å². The van der Waals surface area contributed by atoms with Gasteiger partial charge in [-0.15, -0.1) is 0 Å². The number of pyridine rings is 1. The van der Waals surface area contributed by atoms with E-state index >= 15 is 0 Å². The summed E-state index contributed by atoms with van der Waals surface area (Å²) in [5.74, 6) is -0.535. The fraction of sp³-hybridized carbons (Fsp3) is 0.381. The number of ether oxygens (including phenoxy) is 2. The van der Waals surface area contributed by atoms with Crippen molar-refractivity contribution in [3.05, 3.63) is 52.6 Å². The zero-order chi connectivity index (χ0) is 24.6. The third-order valence-electron chi connectivity index (χ3n) is 4.73. The third kappa shape index (κ3) is 5.17. The van der Waals surface area contributed by atoms with Crippen molar-refractivity contribution < 1.29 is 31.1 Å². The van der Waals surface area contributed by atoms with Gasteiger partial charge in [-0.3, -0.25) is 4.79 Å². The van der Waals surface area contributed by atoms with Crippen molar-refractivity contribution in [3.8, 4) is 11.6 Å². The van der Waals surface area contributed by atoms with Crippen LogP contribution >= 0.6 is 0 Å². The Kier molecular flexibility index (Phi) is 6.53. The molecule has 0 saturated heterocycles. The molecule has 0 saturated carbocycles. The number of benzene rings is 1. The minimum Gasteiger partial charge on any atom is -0.484 e. The van der Waals surface area contributed by atoms with Gasteiger partial charge in [-0.05, 0) is 26.0 Å². The second-order valence-electron chi connectivity index (χ2n) is 7.85. The van der Waals surface area contributed by atoms with E-state index in [0.29, 0.717) is 10.7 Å². The lowest BCUT2D eigenvalue weighted by atomic mass is 10.1. The highest BCUT2D eigenvalue weighted by Gasteiger charge is 2.31. The zero-order valence-electron chi connectivity index (χ0n) is 18.3. The van der Waals surface area contributed by atoms with Crippen molar-refractivity contribution in [2.45, 2.75) is 37.4 Å². The lowest BCUT2D eigenvalue weighted by Gasteiger charge is -2.25. The maximum absolute atomic E-state index is 13.1. The van der Waals surface area contributed by atoms with Crippen molar-refractivity contribution in [2.24, 2.45) is 0 Å². The van der Waals surface area contributed by atoms with Crippen LogP contribution in [0.5, 0.6) is 5.75 Å². The van der Waals surface area contributed by atoms with Gasteiger partial charge in [-0.25, -0.2) is 13.4 Å². The summed E-state index contributed by atoms with van der Waals surface area (Å²) in [6, 6.07) is 3.88. The topological polar surface area (TPSA) is 100 Å². The van der Waals surface area contributed by atoms with Gasteiger partial charge in [0.05, 0.1) is 35.7 Å². The summed E-state index contributed by atoms with van der Waals surface area (Å²) >= 11 is 0. The van der Waals surface area contributed by atoms with E-state index in [1.807, 2.05) is 0 Å². The van der Waals surface area contributed by atoms with Crippen molar-refractivity contribution >= 4 is 20.6 Å². The first-order chi connectivity index (χ1) is 15.3. The number of hydrogen-bond donors (Lipinski definition) is 0. The molecule has 1 aromatic carbocycles. The fourth-order valence-corrected chi connectivity index (χ4v) is 4.21. The number of aromatic nitrogens is 3. The first kappa shape index (κ1) is 24.6. The second kappa shape index (κ2) is 8.75. The zero-order valence-corrected chi connectivity index (χ0v) is 19.1. The summed E-state index contributed by atoms with van der Waals surface area (Å²) in [7, 11) is -2.43. The third-order valence-corrected chi connectivity index (χ3v) is 6.46. The van der Waals surface area contributed by atoms with Crippen LogP contribution in [0.4, 0.5) is 13.2 Å². The van der Waals surface area contributed by atoms with Crippen LogP contribution < -0.4 is 10.3 Å². The van der Waals surface area contributed by atoms with E-state index < -0.39 is 32.7 Å². The molecule has 0 N–H and O–H groups in total. The molecule has 0 unspecified atom stereocenters. The molecule has 3 rings (SSSR count). The van der Waals surface area contributed by atoms with Crippen LogP contribution in [0.25, 0.3) is 16.6 Å². The molecular formula is C21H22F3N3O5S. The number of sulfone groups is 1. The van der Waals surface area contributed by atoms with E-state index in [2.05, 4.69) is 10.1 Å². The SMILES string of the molecule is CCS(=O)(=O)c1cc(OC(C)(C)COC)cnc1-n1ncc2ccc(C(F)(F)F)cc2c1=O. The van der Waals surface area contributed by atoms with E-state index in [1.54, 1.807) is 13.8 Å². The van der Waals surface area contributed by atoms with Gasteiger partial charge >= 0.3 is 6.18 Å². The molecule has 0 bridgehead atoms. The smallest absolute Gasteiger partial charge is 0.416 e. The Hall–Kier alpha value is -2.99. The van der Waals surface area contributed by atoms with E-state index in [4.69, 9.17) is 9.47 Å². The molecule has 0 aliphatic heterocycles. The number of hydrogen-bond acceptors (Lipinski definition) is 7. The summed E-state index contributed by atoms with van der Waals surface area (Å²) < 4.78 is 76.5. The minimum absolute atomic E-state index is 0.112. The predicted octanol–water partition coefficient (Wildman–Crippen LogP) is 3.40. The van der Waals surface area contributed by atoms with Gasteiger partial charge in [0.15, 0.2) is 15.7 Å². The number of methoxy groups -OCH3 is 1. The molecule has 0 atom stereocenters. The van der Waals surface area contributed by atoms with Crippen molar-refractivity contribution in [1.29, 1.82) is 0 Å². The molecule has 12 heteroatoms. The van der Waals surface area contributed by atoms with Crippen LogP contribution in [0.2, 0.25) is 0 Å². The summed E-state index contributed by atoms with van der Waals surface area (Å²) in [4.78, 5) is 16.8. The van der Waals surface area contributed by atoms with Crippen LogP contribution in [0.1, 0.15) is 26.3 Å². The standard InChI is InChI=1S/C21H22F3N3O5S/c1-5-33(29,30)17-9-15(32-20(2,3)12-31-4)11-25-18(17)27-19(28)16-8-14(21(22,23)24)7-6-13(16)10-26-27/h6-11H,5,12H2,1-4H3. The Morgan fingerprint density at radius 3 is 2.42 bits per heavy atom. The molecule has 8 nitrogen and oxygen atoms in total. The molecule has 0 aliphatic carbocycles. The molecule has 0 spiro atoms. The summed E-state index contributed by atoms with van der Waals surface area (Å²) in [6.07, 6.45) is -2.27. The van der Waals surface area contributed by atoms with Crippen molar-refractivity contribution in [2.75, 3.05) is 19.5 Å². The van der Waals surface area contributed by atoms with Gasteiger partial charge < -0.3 is 9.47 Å². The molecule has 2 aromatic heterocycles. The maximum atomic E-state index is 13.1. The Balaban J connectivity index is 2.23. The van der Waals surface area contributed by atoms with Gasteiger partial charge in [-0.1, -0.05) is 13.0 Å². The molecule has 0 radical (unpaired) electrons. The normalized spacial score (nSPS) is 12.8. The first-order valence-corrected chi connectivity index (χ1v) is 11.4. The van der Waals surface area contributed by atoms with E-state index in [1.165, 1.54) is 32.5 Å². The second-order valence-corrected chi connectivity index (χ2v) is 10.1. The van der Waals surface area contributed by atoms with E-state index in [9.17, 15) is 26.4 Å². The average Bonchev–Trinajstić information content (AvgIpc) is 2.73. The largest absolute Gasteiger partial charge is 0.484 e. The Morgan fingerprint density at radius 2 is 1.82 bits per heavy atom. The number of alkyl halides is 3. The number of halogens is 3. The lowest BCUT2D eigenvalue weighted by molar-refractivity contribution is -0.137. The van der Waals surface area contributed by atoms with Gasteiger partial charge in [0.1, 0.15) is 16.2 Å². The van der Waals surface area contributed by atoms with Crippen LogP contribution in [0, 0.1) is 0 Å². The Bertz CT molecular complexity index is 1350. The highest BCUT2D eigenvalue weighted by molar-refractivity contribution is 7.91. The van der Waals surface area contributed by atoms with Crippen molar-refractivity contribution in [1.82, 2.24) is 14.8 Å². The summed E-state index contributed by atoms with van der Waals surface area (Å²) in [5.41, 5.74) is -2.76. The molecule has 2 heterocycles. The Labute approximate surface area is 187 Å². The molecule has 178 valence electrons. The monoisotopic (exact) mass is 485 g/mol. The quantitative estimate of drug-likeness (QED) is 0.506. The van der Waals surface area contributed by atoms with Crippen molar-refractivity contribution in [3.63, 3.8) is 0 Å². The minimum atomic E-state index is -4.66. The highest BCUT2D eigenvalue weighted by Crippen LogP contribution is 2.31. The lowest BCUT2D eigenvalue weighted by Crippen LogP contribution is -2.33. The molecule has 0 fully saturated rings. The van der Waals surface area contributed by atoms with Gasteiger partial charge in [0.25, 0.3) is 5.56 Å². The fourth-order valence-electron chi connectivity index (χ4n) is 3.18. The van der Waals surface area contributed by atoms with Crippen LogP contribution in [0.15, 0.2) is 46.3 Å². The number of fused-ring (bicyclic) bond motifs is 1. The summed E-state index contributed by atoms with van der Waals surface area (Å²) in [5, 5.41) is 3.84. The van der Waals surface area contributed by atoms with Crippen LogP contribution in [-0.4, -0.2) is 48.3 Å². The van der Waals surface area contributed by atoms with Crippen LogP contribution in [0.3, 0.4) is 0 Å². The van der Waals surface area contributed by atoms with Gasteiger partial charge in [-0.2, -0.15) is 23.0 Å². The molecule has 33 heavy (non-hydrogen) atoms. The highest BCUT2D eigenvalue weighted by atomic mass is 32.2. The van der Waals surface area contributed by atoms with Gasteiger partial charge in [0, 0.05) is 18.6 Å². The maximum Gasteiger partial charge on any atom is 0.416 e. The molecule has 3 aromatic rings. The Morgan fingerprint density at radius 1 is 1.12 bits per heavy atom. The van der Waals surface area contributed by atoms with E-state index in [0.717, 1.165) is 12.1 Å². The molecular weight excluding hydrogens is 463 g/mol. The first-order valence-electron chi connectivity index (χ1n) is 9.79. The van der Waals surface area contributed by atoms with E-state index in [-0.39, 0.29) is 39.6 Å². The predicted molar refractivity (Wildman–Crippen MR) is 114 cm³/mol. The number of rotatable bonds is 7. The average molecular weight is 485 g/mol. The van der Waals surface area contributed by atoms with Gasteiger partial charge in [0.2, 0.25) is 0 Å². The molecule has 0 amide bonds. The summed E-state index contributed by atoms with van der Waals surface area (Å²) in [6.45, 7) is 5.07. The molecule has 0 aliphatic rings. The number of nitrogens with zero attached hydrogens (tertiary/aromatic N) is 3.